The van der Waals surface area contributed by atoms with E-state index in [2.05, 4.69) is 16.8 Å². The van der Waals surface area contributed by atoms with E-state index in [0.29, 0.717) is 6.54 Å². The second kappa shape index (κ2) is 7.28. The molecule has 2 aliphatic rings. The molecule has 0 saturated carbocycles. The number of aromatic amines is 1. The van der Waals surface area contributed by atoms with Crippen LogP contribution in [0.3, 0.4) is 0 Å². The highest BCUT2D eigenvalue weighted by atomic mass is 16.6. The quantitative estimate of drug-likeness (QED) is 0.880. The Bertz CT molecular complexity index is 910. The van der Waals surface area contributed by atoms with Gasteiger partial charge in [-0.05, 0) is 52.2 Å². The van der Waals surface area contributed by atoms with Crippen molar-refractivity contribution in [3.05, 3.63) is 34.7 Å². The number of carbonyl (C=O) groups excluding carboxylic acids is 1. The van der Waals surface area contributed by atoms with E-state index >= 15 is 0 Å². The van der Waals surface area contributed by atoms with Crippen LogP contribution in [0.15, 0.2) is 29.1 Å². The second-order valence-corrected chi connectivity index (χ2v) is 8.64. The average Bonchev–Trinajstić information content (AvgIpc) is 3.22. The Morgan fingerprint density at radius 3 is 2.64 bits per heavy atom. The van der Waals surface area contributed by atoms with Crippen molar-refractivity contribution in [1.29, 1.82) is 0 Å². The minimum Gasteiger partial charge on any atom is -0.447 e. The summed E-state index contributed by atoms with van der Waals surface area (Å²) in [7, 11) is 0. The Balaban J connectivity index is 1.42. The number of para-hydroxylation sites is 2. The topological polar surface area (TPSA) is 70.6 Å². The molecule has 152 valence electrons. The number of imidazole rings is 1. The number of rotatable bonds is 3. The molecule has 1 aromatic heterocycles. The minimum atomic E-state index is -0.209. The van der Waals surface area contributed by atoms with Crippen LogP contribution >= 0.6 is 0 Å². The van der Waals surface area contributed by atoms with Gasteiger partial charge in [0.05, 0.1) is 17.1 Å². The molecule has 7 nitrogen and oxygen atoms in total. The van der Waals surface area contributed by atoms with Crippen molar-refractivity contribution in [3.8, 4) is 0 Å². The van der Waals surface area contributed by atoms with Gasteiger partial charge in [-0.1, -0.05) is 12.1 Å². The number of nitrogens with zero attached hydrogens (tertiary/aromatic N) is 3. The molecule has 2 aromatic rings. The fourth-order valence-electron chi connectivity index (χ4n) is 4.74. The summed E-state index contributed by atoms with van der Waals surface area (Å²) in [6.45, 7) is 9.31. The van der Waals surface area contributed by atoms with E-state index in [1.807, 2.05) is 47.6 Å². The Morgan fingerprint density at radius 2 is 1.93 bits per heavy atom. The molecule has 4 rings (SSSR count). The summed E-state index contributed by atoms with van der Waals surface area (Å²) in [4.78, 5) is 32.0. The fourth-order valence-corrected chi connectivity index (χ4v) is 4.74. The van der Waals surface area contributed by atoms with Crippen molar-refractivity contribution in [2.45, 2.75) is 57.7 Å². The van der Waals surface area contributed by atoms with Gasteiger partial charge in [-0.3, -0.25) is 9.47 Å². The smallest absolute Gasteiger partial charge is 0.410 e. The Labute approximate surface area is 165 Å². The highest BCUT2D eigenvalue weighted by Crippen LogP contribution is 2.34. The summed E-state index contributed by atoms with van der Waals surface area (Å²) in [5.41, 5.74) is 1.85. The molecule has 2 saturated heterocycles. The number of H-pyrrole nitrogens is 1. The SMILES string of the molecule is CC(C)OC(=O)N1CCC(C)(N2CCC(n3c(=O)[nH]c4ccccc43)CC2)C1. The van der Waals surface area contributed by atoms with E-state index in [-0.39, 0.29) is 29.5 Å². The third kappa shape index (κ3) is 3.43. The van der Waals surface area contributed by atoms with Gasteiger partial charge < -0.3 is 14.6 Å². The summed E-state index contributed by atoms with van der Waals surface area (Å²) in [6.07, 6.45) is 2.53. The Hall–Kier alpha value is -2.28. The Kier molecular flexibility index (Phi) is 4.95. The van der Waals surface area contributed by atoms with E-state index in [9.17, 15) is 9.59 Å². The van der Waals surface area contributed by atoms with Crippen LogP contribution in [0.5, 0.6) is 0 Å². The van der Waals surface area contributed by atoms with E-state index < -0.39 is 0 Å². The molecule has 1 unspecified atom stereocenters. The zero-order chi connectivity index (χ0) is 19.9. The van der Waals surface area contributed by atoms with E-state index in [4.69, 9.17) is 4.74 Å². The molecule has 0 bridgehead atoms. The minimum absolute atomic E-state index is 0.0191. The van der Waals surface area contributed by atoms with Gasteiger partial charge in [0, 0.05) is 37.8 Å². The fraction of sp³-hybridized carbons (Fsp3) is 0.619. The summed E-state index contributed by atoms with van der Waals surface area (Å²) < 4.78 is 7.29. The van der Waals surface area contributed by atoms with E-state index in [1.165, 1.54) is 0 Å². The highest BCUT2D eigenvalue weighted by molar-refractivity contribution is 5.75. The number of nitrogens with one attached hydrogen (secondary N) is 1. The first-order chi connectivity index (χ1) is 13.4. The first-order valence-corrected chi connectivity index (χ1v) is 10.3. The summed E-state index contributed by atoms with van der Waals surface area (Å²) in [5.74, 6) is 0. The second-order valence-electron chi connectivity index (χ2n) is 8.64. The largest absolute Gasteiger partial charge is 0.447 e. The van der Waals surface area contributed by atoms with Gasteiger partial charge in [-0.25, -0.2) is 9.59 Å². The van der Waals surface area contributed by atoms with Crippen molar-refractivity contribution in [2.24, 2.45) is 0 Å². The molecule has 0 radical (unpaired) electrons. The van der Waals surface area contributed by atoms with Crippen molar-refractivity contribution in [1.82, 2.24) is 19.4 Å². The number of ether oxygens (including phenoxy) is 1. The number of aromatic nitrogens is 2. The van der Waals surface area contributed by atoms with Gasteiger partial charge >= 0.3 is 11.8 Å². The molecular formula is C21H30N4O3. The van der Waals surface area contributed by atoms with E-state index in [0.717, 1.165) is 49.9 Å². The van der Waals surface area contributed by atoms with Gasteiger partial charge in [0.25, 0.3) is 0 Å². The molecule has 7 heteroatoms. The zero-order valence-electron chi connectivity index (χ0n) is 17.0. The van der Waals surface area contributed by atoms with Crippen LogP contribution in [-0.4, -0.2) is 63.3 Å². The van der Waals surface area contributed by atoms with Crippen LogP contribution < -0.4 is 5.69 Å². The van der Waals surface area contributed by atoms with Gasteiger partial charge in [-0.15, -0.1) is 0 Å². The molecule has 1 aromatic carbocycles. The molecule has 1 N–H and O–H groups in total. The molecule has 2 aliphatic heterocycles. The Morgan fingerprint density at radius 1 is 1.21 bits per heavy atom. The predicted octanol–water partition coefficient (Wildman–Crippen LogP) is 2.98. The van der Waals surface area contributed by atoms with Crippen LogP contribution in [0.4, 0.5) is 4.79 Å². The number of benzene rings is 1. The van der Waals surface area contributed by atoms with Crippen molar-refractivity contribution in [3.63, 3.8) is 0 Å². The van der Waals surface area contributed by atoms with Gasteiger partial charge in [0.2, 0.25) is 0 Å². The number of piperidine rings is 1. The molecule has 1 atom stereocenters. The number of likely N-dealkylation sites (tertiary alicyclic amines) is 2. The molecule has 1 amide bonds. The standard InChI is InChI=1S/C21H30N4O3/c1-15(2)28-20(27)23-13-10-21(3,14-23)24-11-8-16(9-12-24)25-18-7-5-4-6-17(18)22-19(25)26/h4-7,15-16H,8-14H2,1-3H3,(H,22,26). The van der Waals surface area contributed by atoms with Crippen LogP contribution in [0.1, 0.15) is 46.1 Å². The molecule has 2 fully saturated rings. The number of fused-ring (bicyclic) bond motifs is 1. The maximum atomic E-state index is 12.5. The molecule has 3 heterocycles. The first-order valence-electron chi connectivity index (χ1n) is 10.3. The number of hydrogen-bond donors (Lipinski definition) is 1. The summed E-state index contributed by atoms with van der Waals surface area (Å²) >= 11 is 0. The molecular weight excluding hydrogens is 356 g/mol. The maximum Gasteiger partial charge on any atom is 0.410 e. The van der Waals surface area contributed by atoms with Crippen molar-refractivity contribution in [2.75, 3.05) is 26.2 Å². The van der Waals surface area contributed by atoms with Crippen LogP contribution in [0, 0.1) is 0 Å². The third-order valence-electron chi connectivity index (χ3n) is 6.26. The van der Waals surface area contributed by atoms with Crippen LogP contribution in [0.2, 0.25) is 0 Å². The van der Waals surface area contributed by atoms with Gasteiger partial charge in [0.1, 0.15) is 0 Å². The van der Waals surface area contributed by atoms with Crippen LogP contribution in [-0.2, 0) is 4.74 Å². The number of hydrogen-bond acceptors (Lipinski definition) is 4. The first kappa shape index (κ1) is 19.1. The lowest BCUT2D eigenvalue weighted by Gasteiger charge is -2.43. The van der Waals surface area contributed by atoms with E-state index in [1.54, 1.807) is 0 Å². The maximum absolute atomic E-state index is 12.5. The lowest BCUT2D eigenvalue weighted by atomic mass is 9.94. The van der Waals surface area contributed by atoms with Crippen molar-refractivity contribution >= 4 is 17.1 Å². The molecule has 28 heavy (non-hydrogen) atoms. The normalized spacial score (nSPS) is 24.4. The monoisotopic (exact) mass is 386 g/mol. The van der Waals surface area contributed by atoms with Gasteiger partial charge in [-0.2, -0.15) is 0 Å². The van der Waals surface area contributed by atoms with Gasteiger partial charge in [0.15, 0.2) is 0 Å². The number of amides is 1. The average molecular weight is 386 g/mol. The molecule has 0 aliphatic carbocycles. The number of carbonyl (C=O) groups is 1. The molecule has 0 spiro atoms. The highest BCUT2D eigenvalue weighted by Gasteiger charge is 2.42. The third-order valence-corrected chi connectivity index (χ3v) is 6.26. The van der Waals surface area contributed by atoms with Crippen LogP contribution in [0.25, 0.3) is 11.0 Å². The van der Waals surface area contributed by atoms with Crippen molar-refractivity contribution < 1.29 is 9.53 Å². The lowest BCUT2D eigenvalue weighted by molar-refractivity contribution is 0.0562. The zero-order valence-corrected chi connectivity index (χ0v) is 17.0. The summed E-state index contributed by atoms with van der Waals surface area (Å²) in [5, 5.41) is 0. The lowest BCUT2D eigenvalue weighted by Crippen LogP contribution is -2.52. The summed E-state index contributed by atoms with van der Waals surface area (Å²) in [6, 6.07) is 8.10. The predicted molar refractivity (Wildman–Crippen MR) is 109 cm³/mol.